The third-order valence-electron chi connectivity index (χ3n) is 4.50. The van der Waals surface area contributed by atoms with Gasteiger partial charge in [-0.2, -0.15) is 0 Å². The quantitative estimate of drug-likeness (QED) is 0.630. The molecule has 1 atom stereocenters. The van der Waals surface area contributed by atoms with E-state index in [4.69, 9.17) is 14.7 Å². The molecule has 1 aromatic carbocycles. The van der Waals surface area contributed by atoms with Crippen molar-refractivity contribution in [3.05, 3.63) is 29.3 Å². The van der Waals surface area contributed by atoms with Gasteiger partial charge in [0, 0.05) is 11.1 Å². The Morgan fingerprint density at radius 3 is 2.74 bits per heavy atom. The summed E-state index contributed by atoms with van der Waals surface area (Å²) in [5.74, 6) is 0.0224. The average molecular weight is 320 g/mol. The second-order valence-corrected chi connectivity index (χ2v) is 6.27. The second kappa shape index (κ2) is 5.82. The maximum absolute atomic E-state index is 12.8. The molecule has 2 aliphatic rings. The van der Waals surface area contributed by atoms with Gasteiger partial charge in [-0.25, -0.2) is 5.48 Å². The molecule has 1 unspecified atom stereocenters. The molecule has 0 aliphatic carbocycles. The zero-order chi connectivity index (χ0) is 16.6. The van der Waals surface area contributed by atoms with Crippen LogP contribution in [0.25, 0.3) is 0 Å². The van der Waals surface area contributed by atoms with Crippen molar-refractivity contribution < 1.29 is 24.3 Å². The van der Waals surface area contributed by atoms with Crippen molar-refractivity contribution in [3.8, 4) is 5.75 Å². The smallest absolute Gasteiger partial charge is 0.274 e. The zero-order valence-corrected chi connectivity index (χ0v) is 13.2. The molecule has 3 rings (SSSR count). The van der Waals surface area contributed by atoms with E-state index in [1.54, 1.807) is 28.6 Å². The van der Waals surface area contributed by atoms with E-state index in [-0.39, 0.29) is 11.9 Å². The minimum absolute atomic E-state index is 0.0601. The standard InChI is InChI=1S/C16H20N2O5/c1-10-12-4-3-11(14(19)17-21)7-13(12)23-6-5-18(10)15(20)16(2)8-22-9-16/h3-4,7,10,21H,5-6,8-9H2,1-2H3,(H,17,19). The van der Waals surface area contributed by atoms with E-state index in [1.165, 1.54) is 0 Å². The number of benzene rings is 1. The van der Waals surface area contributed by atoms with Crippen LogP contribution in [-0.2, 0) is 9.53 Å². The van der Waals surface area contributed by atoms with E-state index in [9.17, 15) is 9.59 Å². The number of hydrogen-bond acceptors (Lipinski definition) is 5. The molecule has 2 N–H and O–H groups in total. The van der Waals surface area contributed by atoms with Crippen molar-refractivity contribution in [1.82, 2.24) is 10.4 Å². The van der Waals surface area contributed by atoms with E-state index >= 15 is 0 Å². The largest absolute Gasteiger partial charge is 0.491 e. The Labute approximate surface area is 134 Å². The Bertz CT molecular complexity index is 641. The van der Waals surface area contributed by atoms with Crippen molar-refractivity contribution in [1.29, 1.82) is 0 Å². The van der Waals surface area contributed by atoms with Gasteiger partial charge in [-0.05, 0) is 26.0 Å². The molecule has 0 saturated carbocycles. The molecule has 2 heterocycles. The molecule has 0 spiro atoms. The summed E-state index contributed by atoms with van der Waals surface area (Å²) < 4.78 is 10.9. The number of ether oxygens (including phenoxy) is 2. The van der Waals surface area contributed by atoms with Gasteiger partial charge < -0.3 is 14.4 Å². The summed E-state index contributed by atoms with van der Waals surface area (Å²) in [7, 11) is 0. The molecule has 0 radical (unpaired) electrons. The molecule has 0 aromatic heterocycles. The zero-order valence-electron chi connectivity index (χ0n) is 13.2. The van der Waals surface area contributed by atoms with Gasteiger partial charge in [0.15, 0.2) is 0 Å². The number of nitrogens with one attached hydrogen (secondary N) is 1. The van der Waals surface area contributed by atoms with Crippen LogP contribution in [0.5, 0.6) is 5.75 Å². The summed E-state index contributed by atoms with van der Waals surface area (Å²) >= 11 is 0. The predicted octanol–water partition coefficient (Wildman–Crippen LogP) is 1.12. The fourth-order valence-corrected chi connectivity index (χ4v) is 2.98. The van der Waals surface area contributed by atoms with Crippen molar-refractivity contribution in [3.63, 3.8) is 0 Å². The Hall–Kier alpha value is -2.12. The maximum atomic E-state index is 12.8. The van der Waals surface area contributed by atoms with Crippen LogP contribution < -0.4 is 10.2 Å². The molecular formula is C16H20N2O5. The van der Waals surface area contributed by atoms with Gasteiger partial charge in [-0.15, -0.1) is 0 Å². The van der Waals surface area contributed by atoms with Crippen molar-refractivity contribution in [2.24, 2.45) is 5.41 Å². The Kier molecular flexibility index (Phi) is 3.99. The monoisotopic (exact) mass is 320 g/mol. The van der Waals surface area contributed by atoms with Gasteiger partial charge in [-0.1, -0.05) is 6.07 Å². The van der Waals surface area contributed by atoms with Crippen LogP contribution in [0.1, 0.15) is 35.8 Å². The maximum Gasteiger partial charge on any atom is 0.274 e. The van der Waals surface area contributed by atoms with Crippen molar-refractivity contribution in [2.45, 2.75) is 19.9 Å². The molecule has 1 aromatic rings. The van der Waals surface area contributed by atoms with Crippen LogP contribution in [0, 0.1) is 5.41 Å². The van der Waals surface area contributed by atoms with Gasteiger partial charge in [-0.3, -0.25) is 14.8 Å². The van der Waals surface area contributed by atoms with E-state index in [0.717, 1.165) is 5.56 Å². The summed E-state index contributed by atoms with van der Waals surface area (Å²) in [6, 6.07) is 4.78. The fourth-order valence-electron chi connectivity index (χ4n) is 2.98. The number of nitrogens with zero attached hydrogens (tertiary/aromatic N) is 1. The number of rotatable bonds is 2. The second-order valence-electron chi connectivity index (χ2n) is 6.27. The van der Waals surface area contributed by atoms with E-state index in [1.807, 2.05) is 13.8 Å². The third kappa shape index (κ3) is 2.66. The molecule has 7 nitrogen and oxygen atoms in total. The molecular weight excluding hydrogens is 300 g/mol. The summed E-state index contributed by atoms with van der Waals surface area (Å²) in [5, 5.41) is 8.73. The predicted molar refractivity (Wildman–Crippen MR) is 80.2 cm³/mol. The van der Waals surface area contributed by atoms with Gasteiger partial charge in [0.1, 0.15) is 12.4 Å². The molecule has 23 heavy (non-hydrogen) atoms. The fraction of sp³-hybridized carbons (Fsp3) is 0.500. The lowest BCUT2D eigenvalue weighted by Crippen LogP contribution is -2.54. The minimum Gasteiger partial charge on any atom is -0.491 e. The van der Waals surface area contributed by atoms with Crippen LogP contribution in [0.2, 0.25) is 0 Å². The van der Waals surface area contributed by atoms with Gasteiger partial charge in [0.2, 0.25) is 5.91 Å². The first-order valence-electron chi connectivity index (χ1n) is 7.56. The highest BCUT2D eigenvalue weighted by Gasteiger charge is 2.45. The number of fused-ring (bicyclic) bond motifs is 1. The van der Waals surface area contributed by atoms with Crippen LogP contribution in [0.15, 0.2) is 18.2 Å². The third-order valence-corrected chi connectivity index (χ3v) is 4.50. The van der Waals surface area contributed by atoms with Crippen molar-refractivity contribution in [2.75, 3.05) is 26.4 Å². The minimum atomic E-state index is -0.597. The normalized spacial score (nSPS) is 22.2. The summed E-state index contributed by atoms with van der Waals surface area (Å²) in [5.41, 5.74) is 2.29. The molecule has 2 aliphatic heterocycles. The van der Waals surface area contributed by atoms with Crippen LogP contribution in [-0.4, -0.2) is 48.3 Å². The summed E-state index contributed by atoms with van der Waals surface area (Å²) in [6.07, 6.45) is 0. The van der Waals surface area contributed by atoms with E-state index in [0.29, 0.717) is 37.7 Å². The number of carbonyl (C=O) groups excluding carboxylic acids is 2. The van der Waals surface area contributed by atoms with Crippen LogP contribution in [0.3, 0.4) is 0 Å². The van der Waals surface area contributed by atoms with Crippen LogP contribution in [0.4, 0.5) is 0 Å². The van der Waals surface area contributed by atoms with E-state index < -0.39 is 11.3 Å². The molecule has 2 amide bonds. The van der Waals surface area contributed by atoms with Gasteiger partial charge in [0.05, 0.1) is 31.2 Å². The molecule has 1 fully saturated rings. The highest BCUT2D eigenvalue weighted by Crippen LogP contribution is 2.37. The summed E-state index contributed by atoms with van der Waals surface area (Å²) in [6.45, 7) is 5.57. The molecule has 1 saturated heterocycles. The molecule has 7 heteroatoms. The summed E-state index contributed by atoms with van der Waals surface area (Å²) in [4.78, 5) is 26.1. The lowest BCUT2D eigenvalue weighted by Gasteiger charge is -2.41. The Morgan fingerprint density at radius 1 is 1.39 bits per heavy atom. The topological polar surface area (TPSA) is 88.1 Å². The van der Waals surface area contributed by atoms with Crippen LogP contribution >= 0.6 is 0 Å². The number of carbonyl (C=O) groups is 2. The van der Waals surface area contributed by atoms with Gasteiger partial charge >= 0.3 is 0 Å². The highest BCUT2D eigenvalue weighted by atomic mass is 16.5. The lowest BCUT2D eigenvalue weighted by molar-refractivity contribution is -0.171. The Morgan fingerprint density at radius 2 is 2.13 bits per heavy atom. The molecule has 0 bridgehead atoms. The highest BCUT2D eigenvalue weighted by molar-refractivity contribution is 5.94. The van der Waals surface area contributed by atoms with Crippen molar-refractivity contribution >= 4 is 11.8 Å². The first-order chi connectivity index (χ1) is 11.0. The first kappa shape index (κ1) is 15.8. The van der Waals surface area contributed by atoms with E-state index in [2.05, 4.69) is 0 Å². The SMILES string of the molecule is CC1c2ccc(C(=O)NO)cc2OCCN1C(=O)C1(C)COC1. The number of amides is 2. The molecule has 124 valence electrons. The number of hydrogen-bond donors (Lipinski definition) is 2. The Balaban J connectivity index is 1.89. The lowest BCUT2D eigenvalue weighted by atomic mass is 9.86. The van der Waals surface area contributed by atoms with Gasteiger partial charge in [0.25, 0.3) is 5.91 Å². The number of hydroxylamine groups is 1. The first-order valence-corrected chi connectivity index (χ1v) is 7.56. The average Bonchev–Trinajstić information content (AvgIpc) is 2.70.